The number of nitrogens with one attached hydrogen (secondary N) is 1. The quantitative estimate of drug-likeness (QED) is 0.854. The molecule has 0 bridgehead atoms. The molecular weight excluding hydrogens is 374 g/mol. The Balaban J connectivity index is 1.45. The summed E-state index contributed by atoms with van der Waals surface area (Å²) in [5.41, 5.74) is 2.05. The van der Waals surface area contributed by atoms with Crippen LogP contribution in [-0.4, -0.2) is 67.8 Å². The molecule has 1 aromatic heterocycles. The maximum atomic E-state index is 12.2. The topological polar surface area (TPSA) is 60.9 Å². The normalized spacial score (nSPS) is 23.0. The van der Waals surface area contributed by atoms with Crippen molar-refractivity contribution < 1.29 is 9.53 Å². The SMILES string of the molecule is CC1CNC(=O)N1c1nc2c3c(ccc2s1)OCCN3CCN1CCCCC1. The lowest BCUT2D eigenvalue weighted by atomic mass is 10.1. The zero-order valence-corrected chi connectivity index (χ0v) is 17.1. The minimum atomic E-state index is -0.0568. The lowest BCUT2D eigenvalue weighted by molar-refractivity contribution is 0.229. The summed E-state index contributed by atoms with van der Waals surface area (Å²) in [7, 11) is 0. The third-order valence-corrected chi connectivity index (χ3v) is 6.99. The van der Waals surface area contributed by atoms with Crippen LogP contribution in [0.1, 0.15) is 26.2 Å². The molecule has 3 aliphatic rings. The standard InChI is InChI=1S/C20H27N5O2S/c1-14-13-21-19(26)25(14)20-22-17-16(28-20)6-5-15-18(17)24(11-12-27-15)10-9-23-7-3-2-4-8-23/h5-6,14H,2-4,7-13H2,1H3,(H,21,26). The molecule has 0 radical (unpaired) electrons. The van der Waals surface area contributed by atoms with Gasteiger partial charge in [0.15, 0.2) is 5.13 Å². The first-order valence-electron chi connectivity index (χ1n) is 10.3. The largest absolute Gasteiger partial charge is 0.489 e. The smallest absolute Gasteiger partial charge is 0.324 e. The number of amides is 2. The Labute approximate surface area is 169 Å². The average molecular weight is 402 g/mol. The fraction of sp³-hybridized carbons (Fsp3) is 0.600. The lowest BCUT2D eigenvalue weighted by Gasteiger charge is -2.34. The van der Waals surface area contributed by atoms with Gasteiger partial charge in [-0.3, -0.25) is 4.90 Å². The molecular formula is C20H27N5O2S. The lowest BCUT2D eigenvalue weighted by Crippen LogP contribution is -2.41. The molecule has 2 aromatic rings. The number of hydrogen-bond acceptors (Lipinski definition) is 6. The van der Waals surface area contributed by atoms with Gasteiger partial charge in [0, 0.05) is 19.6 Å². The molecule has 8 heteroatoms. The maximum Gasteiger partial charge on any atom is 0.324 e. The van der Waals surface area contributed by atoms with Crippen molar-refractivity contribution >= 4 is 38.4 Å². The van der Waals surface area contributed by atoms with Crippen LogP contribution in [0.5, 0.6) is 5.75 Å². The summed E-state index contributed by atoms with van der Waals surface area (Å²) >= 11 is 1.58. The number of aromatic nitrogens is 1. The second-order valence-electron chi connectivity index (χ2n) is 7.90. The van der Waals surface area contributed by atoms with Crippen molar-refractivity contribution in [3.05, 3.63) is 12.1 Å². The van der Waals surface area contributed by atoms with Gasteiger partial charge in [0.1, 0.15) is 23.6 Å². The highest BCUT2D eigenvalue weighted by atomic mass is 32.1. The van der Waals surface area contributed by atoms with Gasteiger partial charge in [0.05, 0.1) is 17.3 Å². The molecule has 150 valence electrons. The first-order chi connectivity index (χ1) is 13.7. The Morgan fingerprint density at radius 3 is 2.86 bits per heavy atom. The van der Waals surface area contributed by atoms with Gasteiger partial charge in [0.2, 0.25) is 0 Å². The molecule has 2 amide bonds. The van der Waals surface area contributed by atoms with Crippen LogP contribution in [0.2, 0.25) is 0 Å². The molecule has 3 aliphatic heterocycles. The van der Waals surface area contributed by atoms with Gasteiger partial charge < -0.3 is 19.9 Å². The van der Waals surface area contributed by atoms with E-state index in [2.05, 4.69) is 27.2 Å². The molecule has 0 saturated carbocycles. The summed E-state index contributed by atoms with van der Waals surface area (Å²) in [6.07, 6.45) is 3.99. The second-order valence-corrected chi connectivity index (χ2v) is 8.91. The minimum absolute atomic E-state index is 0.0568. The fourth-order valence-corrected chi connectivity index (χ4v) is 5.48. The summed E-state index contributed by atoms with van der Waals surface area (Å²) in [4.78, 5) is 23.9. The molecule has 2 fully saturated rings. The van der Waals surface area contributed by atoms with Crippen molar-refractivity contribution in [1.29, 1.82) is 0 Å². The Morgan fingerprint density at radius 2 is 2.07 bits per heavy atom. The summed E-state index contributed by atoms with van der Waals surface area (Å²) < 4.78 is 7.05. The highest BCUT2D eigenvalue weighted by Gasteiger charge is 2.32. The van der Waals surface area contributed by atoms with Gasteiger partial charge in [-0.25, -0.2) is 9.78 Å². The van der Waals surface area contributed by atoms with E-state index >= 15 is 0 Å². The van der Waals surface area contributed by atoms with Crippen LogP contribution in [0.15, 0.2) is 12.1 Å². The van der Waals surface area contributed by atoms with Crippen LogP contribution in [0.3, 0.4) is 0 Å². The molecule has 4 heterocycles. The van der Waals surface area contributed by atoms with Gasteiger partial charge in [-0.05, 0) is 45.0 Å². The van der Waals surface area contributed by atoms with Crippen LogP contribution in [0.25, 0.3) is 10.2 Å². The van der Waals surface area contributed by atoms with Crippen LogP contribution < -0.4 is 19.9 Å². The van der Waals surface area contributed by atoms with E-state index in [-0.39, 0.29) is 12.1 Å². The monoisotopic (exact) mass is 401 g/mol. The number of ether oxygens (including phenoxy) is 1. The Kier molecular flexibility index (Phi) is 4.76. The van der Waals surface area contributed by atoms with Crippen LogP contribution in [-0.2, 0) is 0 Å². The number of carbonyl (C=O) groups excluding carboxylic acids is 1. The van der Waals surface area contributed by atoms with Gasteiger partial charge in [-0.2, -0.15) is 0 Å². The number of benzene rings is 1. The van der Waals surface area contributed by atoms with Gasteiger partial charge in [0.25, 0.3) is 0 Å². The van der Waals surface area contributed by atoms with Crippen molar-refractivity contribution in [3.8, 4) is 5.75 Å². The zero-order valence-electron chi connectivity index (χ0n) is 16.3. The van der Waals surface area contributed by atoms with Crippen molar-refractivity contribution in [2.45, 2.75) is 32.2 Å². The number of rotatable bonds is 4. The van der Waals surface area contributed by atoms with E-state index in [1.807, 2.05) is 6.92 Å². The Bertz CT molecular complexity index is 879. The minimum Gasteiger partial charge on any atom is -0.489 e. The van der Waals surface area contributed by atoms with Crippen molar-refractivity contribution in [2.24, 2.45) is 0 Å². The Morgan fingerprint density at radius 1 is 1.21 bits per heavy atom. The summed E-state index contributed by atoms with van der Waals surface area (Å²) in [6.45, 7) is 8.80. The third-order valence-electron chi connectivity index (χ3n) is 5.97. The third kappa shape index (κ3) is 3.18. The zero-order chi connectivity index (χ0) is 19.1. The van der Waals surface area contributed by atoms with E-state index < -0.39 is 0 Å². The average Bonchev–Trinajstić information content (AvgIpc) is 3.29. The molecule has 0 spiro atoms. The summed E-state index contributed by atoms with van der Waals surface area (Å²) in [5.74, 6) is 0.910. The van der Waals surface area contributed by atoms with E-state index in [1.165, 1.54) is 32.4 Å². The van der Waals surface area contributed by atoms with E-state index in [9.17, 15) is 4.79 Å². The number of anilines is 2. The molecule has 1 unspecified atom stereocenters. The van der Waals surface area contributed by atoms with E-state index in [0.717, 1.165) is 46.4 Å². The highest BCUT2D eigenvalue weighted by Crippen LogP contribution is 2.42. The molecule has 1 aromatic carbocycles. The molecule has 5 rings (SSSR count). The summed E-state index contributed by atoms with van der Waals surface area (Å²) in [6, 6.07) is 4.19. The van der Waals surface area contributed by atoms with Crippen LogP contribution >= 0.6 is 11.3 Å². The number of fused-ring (bicyclic) bond motifs is 3. The predicted octanol–water partition coefficient (Wildman–Crippen LogP) is 2.90. The van der Waals surface area contributed by atoms with Crippen molar-refractivity contribution in [3.63, 3.8) is 0 Å². The molecule has 7 nitrogen and oxygen atoms in total. The number of urea groups is 1. The maximum absolute atomic E-state index is 12.2. The molecule has 1 atom stereocenters. The van der Waals surface area contributed by atoms with Crippen molar-refractivity contribution in [2.75, 3.05) is 55.7 Å². The van der Waals surface area contributed by atoms with Crippen LogP contribution in [0, 0.1) is 0 Å². The Hall–Kier alpha value is -2.06. The molecule has 1 N–H and O–H groups in total. The highest BCUT2D eigenvalue weighted by molar-refractivity contribution is 7.22. The summed E-state index contributed by atoms with van der Waals surface area (Å²) in [5, 5.41) is 3.67. The first kappa shape index (κ1) is 18.0. The number of likely N-dealkylation sites (tertiary alicyclic amines) is 1. The van der Waals surface area contributed by atoms with Crippen LogP contribution in [0.4, 0.5) is 15.6 Å². The van der Waals surface area contributed by atoms with E-state index in [4.69, 9.17) is 9.72 Å². The number of piperidine rings is 1. The second kappa shape index (κ2) is 7.40. The number of thiazole rings is 1. The molecule has 2 saturated heterocycles. The molecule has 28 heavy (non-hydrogen) atoms. The number of hydrogen-bond donors (Lipinski definition) is 1. The number of nitrogens with zero attached hydrogens (tertiary/aromatic N) is 4. The fourth-order valence-electron chi connectivity index (χ4n) is 4.41. The van der Waals surface area contributed by atoms with E-state index in [0.29, 0.717) is 13.2 Å². The predicted molar refractivity (Wildman–Crippen MR) is 113 cm³/mol. The number of carbonyl (C=O) groups is 1. The van der Waals surface area contributed by atoms with Gasteiger partial charge >= 0.3 is 6.03 Å². The van der Waals surface area contributed by atoms with Gasteiger partial charge in [-0.1, -0.05) is 17.8 Å². The first-order valence-corrected chi connectivity index (χ1v) is 11.1. The van der Waals surface area contributed by atoms with Gasteiger partial charge in [-0.15, -0.1) is 0 Å². The molecule has 0 aliphatic carbocycles. The van der Waals surface area contributed by atoms with E-state index in [1.54, 1.807) is 16.2 Å². The van der Waals surface area contributed by atoms with Crippen molar-refractivity contribution in [1.82, 2.24) is 15.2 Å².